The first-order valence-corrected chi connectivity index (χ1v) is 7.66. The van der Waals surface area contributed by atoms with Crippen LogP contribution < -0.4 is 10.2 Å². The van der Waals surface area contributed by atoms with Gasteiger partial charge in [0.05, 0.1) is 0 Å². The second kappa shape index (κ2) is 6.57. The predicted octanol–water partition coefficient (Wildman–Crippen LogP) is 3.68. The fourth-order valence-electron chi connectivity index (χ4n) is 3.81. The Morgan fingerprint density at radius 2 is 2.25 bits per heavy atom. The van der Waals surface area contributed by atoms with Crippen molar-refractivity contribution >= 4 is 5.69 Å². The first-order chi connectivity index (χ1) is 9.54. The monoisotopic (exact) mass is 278 g/mol. The lowest BCUT2D eigenvalue weighted by Gasteiger charge is -2.43. The molecule has 1 aromatic carbocycles. The van der Waals surface area contributed by atoms with Crippen molar-refractivity contribution < 1.29 is 4.39 Å². The molecule has 2 rings (SSSR count). The molecule has 20 heavy (non-hydrogen) atoms. The van der Waals surface area contributed by atoms with Crippen LogP contribution in [0, 0.1) is 17.2 Å². The first kappa shape index (κ1) is 15.3. The van der Waals surface area contributed by atoms with Gasteiger partial charge in [-0.1, -0.05) is 25.8 Å². The zero-order chi connectivity index (χ0) is 14.6. The Morgan fingerprint density at radius 1 is 1.45 bits per heavy atom. The smallest absolute Gasteiger partial charge is 0.125 e. The minimum Gasteiger partial charge on any atom is -0.374 e. The Hall–Kier alpha value is -1.09. The van der Waals surface area contributed by atoms with E-state index >= 15 is 0 Å². The molecule has 1 saturated carbocycles. The molecule has 112 valence electrons. The average molecular weight is 278 g/mol. The van der Waals surface area contributed by atoms with Crippen molar-refractivity contribution in [3.8, 4) is 0 Å². The predicted molar refractivity (Wildman–Crippen MR) is 83.7 cm³/mol. The van der Waals surface area contributed by atoms with E-state index in [0.717, 1.165) is 24.7 Å². The summed E-state index contributed by atoms with van der Waals surface area (Å²) in [6.45, 7) is 4.38. The van der Waals surface area contributed by atoms with Crippen LogP contribution >= 0.6 is 0 Å². The minimum atomic E-state index is -0.158. The highest BCUT2D eigenvalue weighted by atomic mass is 19.1. The van der Waals surface area contributed by atoms with Crippen LogP contribution in [0.3, 0.4) is 0 Å². The van der Waals surface area contributed by atoms with Crippen LogP contribution in [0.2, 0.25) is 0 Å². The van der Waals surface area contributed by atoms with Gasteiger partial charge < -0.3 is 10.2 Å². The van der Waals surface area contributed by atoms with Gasteiger partial charge in [-0.3, -0.25) is 0 Å². The summed E-state index contributed by atoms with van der Waals surface area (Å²) in [5.74, 6) is 0.632. The van der Waals surface area contributed by atoms with Crippen molar-refractivity contribution in [3.63, 3.8) is 0 Å². The van der Waals surface area contributed by atoms with Gasteiger partial charge in [0, 0.05) is 31.2 Å². The molecule has 2 unspecified atom stereocenters. The maximum Gasteiger partial charge on any atom is 0.125 e. The number of hydrogen-bond donors (Lipinski definition) is 1. The van der Waals surface area contributed by atoms with E-state index in [-0.39, 0.29) is 5.82 Å². The van der Waals surface area contributed by atoms with Gasteiger partial charge in [-0.05, 0) is 44.0 Å². The topological polar surface area (TPSA) is 15.3 Å². The van der Waals surface area contributed by atoms with Crippen LogP contribution in [0.4, 0.5) is 10.1 Å². The Bertz CT molecular complexity index is 431. The summed E-state index contributed by atoms with van der Waals surface area (Å²) in [5, 5.41) is 3.37. The molecular formula is C17H27FN2. The lowest BCUT2D eigenvalue weighted by atomic mass is 9.69. The molecule has 0 aromatic heterocycles. The van der Waals surface area contributed by atoms with Crippen LogP contribution in [-0.2, 0) is 0 Å². The molecular weight excluding hydrogens is 251 g/mol. The number of hydrogen-bond acceptors (Lipinski definition) is 2. The van der Waals surface area contributed by atoms with E-state index in [2.05, 4.69) is 24.2 Å². The summed E-state index contributed by atoms with van der Waals surface area (Å²) >= 11 is 0. The molecule has 2 nitrogen and oxygen atoms in total. The van der Waals surface area contributed by atoms with Crippen molar-refractivity contribution in [3.05, 3.63) is 30.1 Å². The molecule has 1 aliphatic carbocycles. The van der Waals surface area contributed by atoms with Gasteiger partial charge in [-0.2, -0.15) is 0 Å². The number of nitrogens with one attached hydrogen (secondary N) is 1. The summed E-state index contributed by atoms with van der Waals surface area (Å²) < 4.78 is 13.4. The standard InChI is InChI=1S/C17H27FN2/c1-14-6-5-9-17(11-14,12-19-2)13-20(3)16-8-4-7-15(18)10-16/h4,7-8,10,14,19H,5-6,9,11-13H2,1-3H3. The van der Waals surface area contributed by atoms with Gasteiger partial charge in [0.2, 0.25) is 0 Å². The summed E-state index contributed by atoms with van der Waals surface area (Å²) in [5.41, 5.74) is 1.28. The fourth-order valence-corrected chi connectivity index (χ4v) is 3.81. The normalized spacial score (nSPS) is 26.5. The van der Waals surface area contributed by atoms with Crippen LogP contribution in [0.25, 0.3) is 0 Å². The highest BCUT2D eigenvalue weighted by molar-refractivity contribution is 5.45. The highest BCUT2D eigenvalue weighted by Crippen LogP contribution is 2.40. The van der Waals surface area contributed by atoms with E-state index in [9.17, 15) is 4.39 Å². The van der Waals surface area contributed by atoms with Crippen molar-refractivity contribution in [2.45, 2.75) is 32.6 Å². The molecule has 1 fully saturated rings. The lowest BCUT2D eigenvalue weighted by molar-refractivity contribution is 0.152. The molecule has 1 aliphatic rings. The summed E-state index contributed by atoms with van der Waals surface area (Å²) in [4.78, 5) is 2.21. The van der Waals surface area contributed by atoms with Gasteiger partial charge in [0.1, 0.15) is 5.82 Å². The summed E-state index contributed by atoms with van der Waals surface area (Å²) in [6.07, 6.45) is 5.17. The Kier molecular flexibility index (Phi) is 5.03. The molecule has 1 aromatic rings. The number of halogens is 1. The summed E-state index contributed by atoms with van der Waals surface area (Å²) in [7, 11) is 4.11. The maximum absolute atomic E-state index is 13.4. The molecule has 0 radical (unpaired) electrons. The van der Waals surface area contributed by atoms with E-state index in [1.807, 2.05) is 13.1 Å². The van der Waals surface area contributed by atoms with Crippen molar-refractivity contribution in [1.29, 1.82) is 0 Å². The average Bonchev–Trinajstić information content (AvgIpc) is 2.38. The number of nitrogens with zero attached hydrogens (tertiary/aromatic N) is 1. The van der Waals surface area contributed by atoms with Gasteiger partial charge in [-0.25, -0.2) is 4.39 Å². The zero-order valence-electron chi connectivity index (χ0n) is 13.0. The molecule has 0 amide bonds. The van der Waals surface area contributed by atoms with E-state index < -0.39 is 0 Å². The summed E-state index contributed by atoms with van der Waals surface area (Å²) in [6, 6.07) is 6.90. The molecule has 0 aliphatic heterocycles. The van der Waals surface area contributed by atoms with E-state index in [1.165, 1.54) is 31.7 Å². The van der Waals surface area contributed by atoms with Gasteiger partial charge in [0.15, 0.2) is 0 Å². The Morgan fingerprint density at radius 3 is 2.90 bits per heavy atom. The second-order valence-electron chi connectivity index (χ2n) is 6.57. The van der Waals surface area contributed by atoms with Gasteiger partial charge in [-0.15, -0.1) is 0 Å². The van der Waals surface area contributed by atoms with E-state index in [0.29, 0.717) is 5.41 Å². The molecule has 2 atom stereocenters. The second-order valence-corrected chi connectivity index (χ2v) is 6.57. The van der Waals surface area contributed by atoms with E-state index in [1.54, 1.807) is 12.1 Å². The number of benzene rings is 1. The van der Waals surface area contributed by atoms with Gasteiger partial charge >= 0.3 is 0 Å². The first-order valence-electron chi connectivity index (χ1n) is 7.66. The Balaban J connectivity index is 2.11. The van der Waals surface area contributed by atoms with Crippen LogP contribution in [0.5, 0.6) is 0 Å². The van der Waals surface area contributed by atoms with Crippen LogP contribution in [0.15, 0.2) is 24.3 Å². The molecule has 1 N–H and O–H groups in total. The molecule has 0 bridgehead atoms. The Labute approximate surface area is 122 Å². The maximum atomic E-state index is 13.4. The zero-order valence-corrected chi connectivity index (χ0v) is 13.0. The SMILES string of the molecule is CNCC1(CN(C)c2cccc(F)c2)CCCC(C)C1. The largest absolute Gasteiger partial charge is 0.374 e. The van der Waals surface area contributed by atoms with Gasteiger partial charge in [0.25, 0.3) is 0 Å². The molecule has 0 spiro atoms. The number of rotatable bonds is 5. The van der Waals surface area contributed by atoms with E-state index in [4.69, 9.17) is 0 Å². The third-order valence-electron chi connectivity index (χ3n) is 4.56. The van der Waals surface area contributed by atoms with Crippen LogP contribution in [0.1, 0.15) is 32.6 Å². The van der Waals surface area contributed by atoms with Crippen LogP contribution in [-0.4, -0.2) is 27.2 Å². The quantitative estimate of drug-likeness (QED) is 0.884. The molecule has 0 heterocycles. The van der Waals surface area contributed by atoms with Crippen molar-refractivity contribution in [2.24, 2.45) is 11.3 Å². The minimum absolute atomic E-state index is 0.158. The fraction of sp³-hybridized carbons (Fsp3) is 0.647. The third-order valence-corrected chi connectivity index (χ3v) is 4.56. The van der Waals surface area contributed by atoms with Crippen molar-refractivity contribution in [2.75, 3.05) is 32.1 Å². The molecule has 0 saturated heterocycles. The van der Waals surface area contributed by atoms with Crippen molar-refractivity contribution in [1.82, 2.24) is 5.32 Å². The number of anilines is 1. The lowest BCUT2D eigenvalue weighted by Crippen LogP contribution is -2.45. The highest BCUT2D eigenvalue weighted by Gasteiger charge is 2.35. The third kappa shape index (κ3) is 3.72. The molecule has 3 heteroatoms.